The Labute approximate surface area is 191 Å². The summed E-state index contributed by atoms with van der Waals surface area (Å²) in [6.07, 6.45) is 6.80. The van der Waals surface area contributed by atoms with E-state index < -0.39 is 0 Å². The molecular formula is C23H26ClN7O. The van der Waals surface area contributed by atoms with E-state index in [1.807, 2.05) is 49.1 Å². The van der Waals surface area contributed by atoms with E-state index in [1.54, 1.807) is 10.7 Å². The Kier molecular flexibility index (Phi) is 5.06. The number of nitrogens with zero attached hydrogens (tertiary/aromatic N) is 6. The van der Waals surface area contributed by atoms with Gasteiger partial charge in [-0.2, -0.15) is 5.10 Å². The first kappa shape index (κ1) is 20.8. The fraction of sp³-hybridized carbons (Fsp3) is 0.348. The molecule has 1 N–H and O–H groups in total. The summed E-state index contributed by atoms with van der Waals surface area (Å²) in [5.41, 5.74) is 4.48. The molecule has 8 nitrogen and oxygen atoms in total. The minimum absolute atomic E-state index is 0.222. The van der Waals surface area contributed by atoms with Gasteiger partial charge in [0.05, 0.1) is 22.0 Å². The summed E-state index contributed by atoms with van der Waals surface area (Å²) in [6, 6.07) is 6.14. The first-order valence-electron chi connectivity index (χ1n) is 10.6. The van der Waals surface area contributed by atoms with Crippen LogP contribution in [0.5, 0.6) is 0 Å². The summed E-state index contributed by atoms with van der Waals surface area (Å²) in [7, 11) is 6.12. The van der Waals surface area contributed by atoms with Crippen molar-refractivity contribution in [3.8, 4) is 0 Å². The number of pyridine rings is 1. The highest BCUT2D eigenvalue weighted by atomic mass is 35.5. The molecule has 3 aromatic heterocycles. The van der Waals surface area contributed by atoms with Gasteiger partial charge in [0.15, 0.2) is 5.65 Å². The van der Waals surface area contributed by atoms with Gasteiger partial charge in [-0.15, -0.1) is 0 Å². The second-order valence-corrected chi connectivity index (χ2v) is 9.10. The van der Waals surface area contributed by atoms with Crippen molar-refractivity contribution in [3.63, 3.8) is 0 Å². The molecule has 0 saturated carbocycles. The molecule has 1 amide bonds. The van der Waals surface area contributed by atoms with Crippen LogP contribution in [0.3, 0.4) is 0 Å². The second kappa shape index (κ2) is 7.79. The average molecular weight is 452 g/mol. The van der Waals surface area contributed by atoms with E-state index in [-0.39, 0.29) is 5.91 Å². The maximum absolute atomic E-state index is 13.2. The molecule has 1 aliphatic heterocycles. The minimum Gasteiger partial charge on any atom is -0.369 e. The van der Waals surface area contributed by atoms with Gasteiger partial charge in [-0.05, 0) is 45.6 Å². The normalized spacial score (nSPS) is 16.6. The van der Waals surface area contributed by atoms with Gasteiger partial charge in [-0.3, -0.25) is 9.48 Å². The zero-order chi connectivity index (χ0) is 22.6. The highest BCUT2D eigenvalue weighted by molar-refractivity contribution is 6.33. The van der Waals surface area contributed by atoms with Crippen LogP contribution in [-0.4, -0.2) is 63.2 Å². The largest absolute Gasteiger partial charge is 0.369 e. The smallest absolute Gasteiger partial charge is 0.257 e. The molecule has 1 aliphatic rings. The SMILES string of the molecule is Cc1cn2cc(NC(=O)c3ccc(N4CCC(N(C)C)C4)c4cn(C)nc34)cc(Cl)c2n1. The van der Waals surface area contributed by atoms with E-state index in [2.05, 4.69) is 39.3 Å². The van der Waals surface area contributed by atoms with Crippen LogP contribution in [0, 0.1) is 6.92 Å². The van der Waals surface area contributed by atoms with E-state index in [1.165, 1.54) is 0 Å². The van der Waals surface area contributed by atoms with Gasteiger partial charge >= 0.3 is 0 Å². The first-order chi connectivity index (χ1) is 15.3. The average Bonchev–Trinajstić information content (AvgIpc) is 3.44. The van der Waals surface area contributed by atoms with E-state index in [0.29, 0.717) is 33.5 Å². The molecule has 1 saturated heterocycles. The first-order valence-corrected chi connectivity index (χ1v) is 11.0. The third-order valence-electron chi connectivity index (χ3n) is 6.13. The predicted octanol–water partition coefficient (Wildman–Crippen LogP) is 3.58. The quantitative estimate of drug-likeness (QED) is 0.513. The topological polar surface area (TPSA) is 70.7 Å². The second-order valence-electron chi connectivity index (χ2n) is 8.69. The number of anilines is 2. The zero-order valence-electron chi connectivity index (χ0n) is 18.6. The molecule has 0 aliphatic carbocycles. The molecule has 4 heterocycles. The maximum atomic E-state index is 13.2. The van der Waals surface area contributed by atoms with Crippen LogP contribution >= 0.6 is 11.6 Å². The molecular weight excluding hydrogens is 426 g/mol. The number of carbonyl (C=O) groups excluding carboxylic acids is 1. The molecule has 0 bridgehead atoms. The maximum Gasteiger partial charge on any atom is 0.257 e. The third kappa shape index (κ3) is 3.59. The summed E-state index contributed by atoms with van der Waals surface area (Å²) in [5.74, 6) is -0.222. The highest BCUT2D eigenvalue weighted by Crippen LogP contribution is 2.32. The molecule has 0 spiro atoms. The number of carbonyl (C=O) groups is 1. The number of fused-ring (bicyclic) bond motifs is 2. The summed E-state index contributed by atoms with van der Waals surface area (Å²) in [4.78, 5) is 22.3. The number of hydrogen-bond donors (Lipinski definition) is 1. The van der Waals surface area contributed by atoms with Crippen molar-refractivity contribution >= 4 is 45.4 Å². The molecule has 0 radical (unpaired) electrons. The van der Waals surface area contributed by atoms with E-state index in [4.69, 9.17) is 11.6 Å². The minimum atomic E-state index is -0.222. The van der Waals surface area contributed by atoms with Crippen LogP contribution in [0.2, 0.25) is 5.02 Å². The number of benzene rings is 1. The van der Waals surface area contributed by atoms with Crippen LogP contribution < -0.4 is 10.2 Å². The van der Waals surface area contributed by atoms with E-state index in [9.17, 15) is 4.79 Å². The number of likely N-dealkylation sites (N-methyl/N-ethyl adjacent to an activating group) is 1. The van der Waals surface area contributed by atoms with Gasteiger partial charge in [0.1, 0.15) is 5.52 Å². The zero-order valence-corrected chi connectivity index (χ0v) is 19.4. The Balaban J connectivity index is 1.48. The van der Waals surface area contributed by atoms with Gasteiger partial charge in [-0.25, -0.2) is 4.98 Å². The Bertz CT molecular complexity index is 1340. The van der Waals surface area contributed by atoms with Crippen molar-refractivity contribution in [1.29, 1.82) is 0 Å². The fourth-order valence-corrected chi connectivity index (χ4v) is 4.75. The van der Waals surface area contributed by atoms with Crippen molar-refractivity contribution in [2.45, 2.75) is 19.4 Å². The molecule has 1 fully saturated rings. The molecule has 1 unspecified atom stereocenters. The molecule has 9 heteroatoms. The van der Waals surface area contributed by atoms with Crippen molar-refractivity contribution in [2.75, 3.05) is 37.4 Å². The van der Waals surface area contributed by atoms with Gasteiger partial charge in [0.2, 0.25) is 0 Å². The van der Waals surface area contributed by atoms with Crippen molar-refractivity contribution in [1.82, 2.24) is 24.1 Å². The van der Waals surface area contributed by atoms with Crippen LogP contribution in [0.1, 0.15) is 22.5 Å². The monoisotopic (exact) mass is 451 g/mol. The molecule has 32 heavy (non-hydrogen) atoms. The molecule has 1 atom stereocenters. The molecule has 1 aromatic carbocycles. The predicted molar refractivity (Wildman–Crippen MR) is 128 cm³/mol. The van der Waals surface area contributed by atoms with Crippen molar-refractivity contribution in [2.24, 2.45) is 7.05 Å². The van der Waals surface area contributed by atoms with Gasteiger partial charge in [0.25, 0.3) is 5.91 Å². The molecule has 166 valence electrons. The summed E-state index contributed by atoms with van der Waals surface area (Å²) in [5, 5.41) is 9.05. The van der Waals surface area contributed by atoms with Gasteiger partial charge in [0, 0.05) is 55.8 Å². The lowest BCUT2D eigenvalue weighted by atomic mass is 10.1. The Morgan fingerprint density at radius 1 is 1.25 bits per heavy atom. The highest BCUT2D eigenvalue weighted by Gasteiger charge is 2.27. The molecule has 4 aromatic rings. The lowest BCUT2D eigenvalue weighted by Gasteiger charge is -2.22. The van der Waals surface area contributed by atoms with Crippen LogP contribution in [-0.2, 0) is 7.05 Å². The number of imidazole rings is 1. The lowest BCUT2D eigenvalue weighted by molar-refractivity contribution is 0.102. The number of rotatable bonds is 4. The summed E-state index contributed by atoms with van der Waals surface area (Å²) in [6.45, 7) is 3.86. The van der Waals surface area contributed by atoms with E-state index in [0.717, 1.165) is 36.3 Å². The standard InChI is InChI=1S/C23H26ClN7O/c1-14-10-31-11-15(9-19(24)22(31)25-14)26-23(32)17-5-6-20(18-13-29(4)27-21(17)18)30-8-7-16(12-30)28(2)3/h5-6,9-11,13,16H,7-8,12H2,1-4H3,(H,26,32). The van der Waals surface area contributed by atoms with Gasteiger partial charge < -0.3 is 19.5 Å². The summed E-state index contributed by atoms with van der Waals surface area (Å²) < 4.78 is 3.59. The van der Waals surface area contributed by atoms with E-state index >= 15 is 0 Å². The lowest BCUT2D eigenvalue weighted by Crippen LogP contribution is -2.31. The summed E-state index contributed by atoms with van der Waals surface area (Å²) >= 11 is 6.37. The Hall–Kier alpha value is -3.10. The fourth-order valence-electron chi connectivity index (χ4n) is 4.49. The number of nitrogens with one attached hydrogen (secondary N) is 1. The van der Waals surface area contributed by atoms with Crippen LogP contribution in [0.15, 0.2) is 36.8 Å². The van der Waals surface area contributed by atoms with Gasteiger partial charge in [-0.1, -0.05) is 11.6 Å². The Morgan fingerprint density at radius 2 is 2.06 bits per heavy atom. The van der Waals surface area contributed by atoms with Crippen molar-refractivity contribution in [3.05, 3.63) is 53.1 Å². The van der Waals surface area contributed by atoms with Crippen molar-refractivity contribution < 1.29 is 4.79 Å². The van der Waals surface area contributed by atoms with Crippen LogP contribution in [0.25, 0.3) is 16.6 Å². The third-order valence-corrected chi connectivity index (χ3v) is 6.41. The Morgan fingerprint density at radius 3 is 2.81 bits per heavy atom. The number of halogens is 1. The number of aryl methyl sites for hydroxylation is 2. The number of hydrogen-bond acceptors (Lipinski definition) is 5. The number of aromatic nitrogens is 4. The number of amides is 1. The molecule has 5 rings (SSSR count). The van der Waals surface area contributed by atoms with Crippen LogP contribution in [0.4, 0.5) is 11.4 Å².